The van der Waals surface area contributed by atoms with Crippen molar-refractivity contribution in [2.24, 2.45) is 0 Å². The fraction of sp³-hybridized carbons (Fsp3) is 1.00. The summed E-state index contributed by atoms with van der Waals surface area (Å²) in [5.74, 6) is -1.36. The number of hydrogen-bond donors (Lipinski definition) is 2. The lowest BCUT2D eigenvalue weighted by Crippen LogP contribution is -2.30. The van der Waals surface area contributed by atoms with Gasteiger partial charge in [-0.1, -0.05) is 103 Å². The first-order chi connectivity index (χ1) is 13.3. The van der Waals surface area contributed by atoms with Crippen molar-refractivity contribution in [1.82, 2.24) is 4.72 Å². The highest BCUT2D eigenvalue weighted by Gasteiger charge is 2.14. The molecule has 0 spiro atoms. The predicted molar refractivity (Wildman–Crippen MR) is 118 cm³/mol. The first-order valence-corrected chi connectivity index (χ1v) is 14.5. The summed E-state index contributed by atoms with van der Waals surface area (Å²) >= 11 is 0. The Morgan fingerprint density at radius 3 is 1.29 bits per heavy atom. The molecule has 28 heavy (non-hydrogen) atoms. The highest BCUT2D eigenvalue weighted by molar-refractivity contribution is 7.91. The Hall–Kier alpha value is -0.180. The normalized spacial score (nSPS) is 12.5. The molecule has 0 fully saturated rings. The maximum absolute atomic E-state index is 11.6. The van der Waals surface area contributed by atoms with E-state index in [0.717, 1.165) is 19.3 Å². The third-order valence-electron chi connectivity index (χ3n) is 4.96. The van der Waals surface area contributed by atoms with Crippen LogP contribution in [0.5, 0.6) is 0 Å². The van der Waals surface area contributed by atoms with E-state index in [1.54, 1.807) is 0 Å². The Morgan fingerprint density at radius 2 is 0.929 bits per heavy atom. The fourth-order valence-electron chi connectivity index (χ4n) is 3.19. The zero-order chi connectivity index (χ0) is 21.1. The fourth-order valence-corrected chi connectivity index (χ4v) is 5.51. The van der Waals surface area contributed by atoms with Crippen LogP contribution in [-0.4, -0.2) is 39.4 Å². The molecular weight excluding hydrogens is 398 g/mol. The Kier molecular flexibility index (Phi) is 17.5. The lowest BCUT2D eigenvalue weighted by Gasteiger charge is -2.06. The van der Waals surface area contributed by atoms with Gasteiger partial charge in [-0.05, 0) is 6.42 Å². The molecule has 0 aromatic heterocycles. The molecule has 8 heteroatoms. The van der Waals surface area contributed by atoms with E-state index in [4.69, 9.17) is 4.55 Å². The lowest BCUT2D eigenvalue weighted by molar-refractivity contribution is 0.483. The minimum Gasteiger partial charge on any atom is -0.286 e. The average molecular weight is 442 g/mol. The first-order valence-electron chi connectivity index (χ1n) is 11.2. The molecule has 0 saturated heterocycles. The Balaban J connectivity index is 3.29. The molecule has 0 radical (unpaired) electrons. The molecule has 170 valence electrons. The van der Waals surface area contributed by atoms with E-state index < -0.39 is 31.6 Å². The van der Waals surface area contributed by atoms with Crippen LogP contribution in [0.25, 0.3) is 0 Å². The van der Waals surface area contributed by atoms with Crippen molar-refractivity contribution >= 4 is 20.1 Å². The van der Waals surface area contributed by atoms with Gasteiger partial charge in [0, 0.05) is 6.54 Å². The quantitative estimate of drug-likeness (QED) is 0.192. The molecule has 0 atom stereocenters. The molecule has 2 N–H and O–H groups in total. The summed E-state index contributed by atoms with van der Waals surface area (Å²) in [7, 11) is -7.86. The van der Waals surface area contributed by atoms with E-state index in [1.807, 2.05) is 0 Å². The second-order valence-electron chi connectivity index (χ2n) is 7.80. The average Bonchev–Trinajstić information content (AvgIpc) is 2.62. The Morgan fingerprint density at radius 1 is 0.571 bits per heavy atom. The largest absolute Gasteiger partial charge is 0.286 e. The minimum atomic E-state index is -4.24. The zero-order valence-electron chi connectivity index (χ0n) is 17.8. The molecule has 0 heterocycles. The Labute approximate surface area is 174 Å². The summed E-state index contributed by atoms with van der Waals surface area (Å²) in [4.78, 5) is 0. The summed E-state index contributed by atoms with van der Waals surface area (Å²) in [6.45, 7) is 2.58. The molecule has 0 aromatic rings. The summed E-state index contributed by atoms with van der Waals surface area (Å²) in [5, 5.41) is 0. The SMILES string of the molecule is CCCCCCCCCCCCCCCCCCNS(=O)(=O)CCS(=O)(=O)O. The van der Waals surface area contributed by atoms with Crippen LogP contribution in [0.2, 0.25) is 0 Å². The predicted octanol–water partition coefficient (Wildman–Crippen LogP) is 5.06. The molecule has 0 aromatic carbocycles. The van der Waals surface area contributed by atoms with Crippen LogP contribution in [0.4, 0.5) is 0 Å². The molecule has 6 nitrogen and oxygen atoms in total. The highest BCUT2D eigenvalue weighted by atomic mass is 32.2. The monoisotopic (exact) mass is 441 g/mol. The Bertz CT molecular complexity index is 547. The van der Waals surface area contributed by atoms with Gasteiger partial charge in [-0.3, -0.25) is 4.55 Å². The molecule has 0 amide bonds. The second-order valence-corrected chi connectivity index (χ2v) is 11.3. The highest BCUT2D eigenvalue weighted by Crippen LogP contribution is 2.13. The van der Waals surface area contributed by atoms with Gasteiger partial charge in [0.2, 0.25) is 10.0 Å². The van der Waals surface area contributed by atoms with E-state index in [-0.39, 0.29) is 0 Å². The van der Waals surface area contributed by atoms with Gasteiger partial charge in [-0.15, -0.1) is 0 Å². The van der Waals surface area contributed by atoms with Gasteiger partial charge in [-0.2, -0.15) is 8.42 Å². The van der Waals surface area contributed by atoms with Crippen LogP contribution in [0.15, 0.2) is 0 Å². The van der Waals surface area contributed by atoms with Crippen LogP contribution in [0, 0.1) is 0 Å². The van der Waals surface area contributed by atoms with E-state index >= 15 is 0 Å². The zero-order valence-corrected chi connectivity index (χ0v) is 19.5. The van der Waals surface area contributed by atoms with Crippen LogP contribution in [0.1, 0.15) is 110 Å². The summed E-state index contributed by atoms with van der Waals surface area (Å²) in [6.07, 6.45) is 20.3. The van der Waals surface area contributed by atoms with Crippen molar-refractivity contribution < 1.29 is 21.4 Å². The van der Waals surface area contributed by atoms with E-state index in [2.05, 4.69) is 11.6 Å². The number of hydrogen-bond acceptors (Lipinski definition) is 4. The van der Waals surface area contributed by atoms with Crippen molar-refractivity contribution in [1.29, 1.82) is 0 Å². The van der Waals surface area contributed by atoms with Gasteiger partial charge in [-0.25, -0.2) is 13.1 Å². The van der Waals surface area contributed by atoms with Crippen molar-refractivity contribution in [3.05, 3.63) is 0 Å². The van der Waals surface area contributed by atoms with Gasteiger partial charge in [0.05, 0.1) is 11.5 Å². The third-order valence-corrected chi connectivity index (χ3v) is 7.33. The van der Waals surface area contributed by atoms with Gasteiger partial charge in [0.25, 0.3) is 10.1 Å². The molecule has 0 aliphatic carbocycles. The lowest BCUT2D eigenvalue weighted by atomic mass is 10.0. The maximum Gasteiger partial charge on any atom is 0.265 e. The van der Waals surface area contributed by atoms with Crippen molar-refractivity contribution in [2.75, 3.05) is 18.1 Å². The molecule has 0 aliphatic rings. The van der Waals surface area contributed by atoms with Crippen molar-refractivity contribution in [2.45, 2.75) is 110 Å². The smallest absolute Gasteiger partial charge is 0.265 e. The molecule has 0 bridgehead atoms. The summed E-state index contributed by atoms with van der Waals surface area (Å²) < 4.78 is 55.2. The third kappa shape index (κ3) is 22.1. The van der Waals surface area contributed by atoms with Crippen LogP contribution < -0.4 is 4.72 Å². The summed E-state index contributed by atoms with van der Waals surface area (Å²) in [5.41, 5.74) is 0. The first kappa shape index (κ1) is 27.8. The maximum atomic E-state index is 11.6. The van der Waals surface area contributed by atoms with Gasteiger partial charge < -0.3 is 0 Å². The number of nitrogens with one attached hydrogen (secondary N) is 1. The molecule has 0 rings (SSSR count). The van der Waals surface area contributed by atoms with Gasteiger partial charge >= 0.3 is 0 Å². The number of rotatable bonds is 21. The topological polar surface area (TPSA) is 101 Å². The van der Waals surface area contributed by atoms with Crippen LogP contribution in [-0.2, 0) is 20.1 Å². The molecular formula is C20H43NO5S2. The van der Waals surface area contributed by atoms with Crippen LogP contribution >= 0.6 is 0 Å². The van der Waals surface area contributed by atoms with Crippen molar-refractivity contribution in [3.8, 4) is 0 Å². The van der Waals surface area contributed by atoms with Gasteiger partial charge in [0.15, 0.2) is 0 Å². The van der Waals surface area contributed by atoms with E-state index in [9.17, 15) is 16.8 Å². The van der Waals surface area contributed by atoms with E-state index in [1.165, 1.54) is 83.5 Å². The standard InChI is InChI=1S/C20H43NO5S2/c1-2-3-4-5-6-7-8-9-10-11-12-13-14-15-16-17-18-21-27(22,23)19-20-28(24,25)26/h21H,2-20H2,1H3,(H,24,25,26). The van der Waals surface area contributed by atoms with Crippen LogP contribution in [0.3, 0.4) is 0 Å². The number of unbranched alkanes of at least 4 members (excludes halogenated alkanes) is 15. The molecule has 0 aliphatic heterocycles. The van der Waals surface area contributed by atoms with E-state index in [0.29, 0.717) is 6.54 Å². The molecule has 0 unspecified atom stereocenters. The summed E-state index contributed by atoms with van der Waals surface area (Å²) in [6, 6.07) is 0. The molecule has 0 saturated carbocycles. The van der Waals surface area contributed by atoms with Gasteiger partial charge in [0.1, 0.15) is 0 Å². The minimum absolute atomic E-state index is 0.326. The van der Waals surface area contributed by atoms with Crippen molar-refractivity contribution in [3.63, 3.8) is 0 Å². The number of sulfonamides is 1. The second kappa shape index (κ2) is 17.7.